The Morgan fingerprint density at radius 1 is 1.44 bits per heavy atom. The zero-order valence-corrected chi connectivity index (χ0v) is 11.3. The molecule has 0 aromatic carbocycles. The fourth-order valence-electron chi connectivity index (χ4n) is 2.74. The van der Waals surface area contributed by atoms with Crippen LogP contribution in [0.5, 0.6) is 0 Å². The van der Waals surface area contributed by atoms with Crippen molar-refractivity contribution in [3.05, 3.63) is 22.4 Å². The minimum absolute atomic E-state index is 0.609. The molecule has 2 nitrogen and oxygen atoms in total. The molecule has 0 spiro atoms. The molecule has 1 aliphatic rings. The van der Waals surface area contributed by atoms with Gasteiger partial charge in [-0.1, -0.05) is 13.0 Å². The zero-order valence-electron chi connectivity index (χ0n) is 10.4. The summed E-state index contributed by atoms with van der Waals surface area (Å²) in [6.07, 6.45) is 1.21. The number of nitrogens with zero attached hydrogens (tertiary/aromatic N) is 1. The molecule has 0 saturated carbocycles. The minimum atomic E-state index is 0.609. The van der Waals surface area contributed by atoms with Gasteiger partial charge in [0.15, 0.2) is 0 Å². The number of nitrogens with one attached hydrogen (secondary N) is 1. The van der Waals surface area contributed by atoms with E-state index in [2.05, 4.69) is 48.5 Å². The molecule has 90 valence electrons. The van der Waals surface area contributed by atoms with Gasteiger partial charge in [-0.15, -0.1) is 11.3 Å². The summed E-state index contributed by atoms with van der Waals surface area (Å²) in [4.78, 5) is 4.15. The Morgan fingerprint density at radius 2 is 2.12 bits per heavy atom. The van der Waals surface area contributed by atoms with E-state index in [1.54, 1.807) is 0 Å². The second-order valence-corrected chi connectivity index (χ2v) is 5.84. The zero-order chi connectivity index (χ0) is 11.5. The van der Waals surface area contributed by atoms with Crippen LogP contribution >= 0.6 is 11.3 Å². The summed E-state index contributed by atoms with van der Waals surface area (Å²) in [5.74, 6) is 0. The van der Waals surface area contributed by atoms with Crippen molar-refractivity contribution in [2.24, 2.45) is 0 Å². The fourth-order valence-corrected chi connectivity index (χ4v) is 3.69. The Bertz CT molecular complexity index is 300. The average Bonchev–Trinajstić information content (AvgIpc) is 2.70. The second-order valence-electron chi connectivity index (χ2n) is 4.86. The highest BCUT2D eigenvalue weighted by atomic mass is 32.1. The topological polar surface area (TPSA) is 15.3 Å². The van der Waals surface area contributed by atoms with Gasteiger partial charge in [-0.25, -0.2) is 0 Å². The largest absolute Gasteiger partial charge is 0.309 e. The number of hydrogen-bond donors (Lipinski definition) is 1. The van der Waals surface area contributed by atoms with Crippen molar-refractivity contribution < 1.29 is 0 Å². The van der Waals surface area contributed by atoms with Crippen LogP contribution in [0.4, 0.5) is 0 Å². The average molecular weight is 238 g/mol. The Morgan fingerprint density at radius 3 is 2.62 bits per heavy atom. The van der Waals surface area contributed by atoms with Gasteiger partial charge < -0.3 is 5.32 Å². The van der Waals surface area contributed by atoms with Crippen LogP contribution in [-0.2, 0) is 0 Å². The Labute approximate surface area is 103 Å². The normalized spacial score (nSPS) is 29.2. The number of rotatable bonds is 3. The van der Waals surface area contributed by atoms with Crippen molar-refractivity contribution in [2.45, 2.75) is 45.3 Å². The van der Waals surface area contributed by atoms with Gasteiger partial charge in [-0.2, -0.15) is 0 Å². The van der Waals surface area contributed by atoms with Gasteiger partial charge in [-0.3, -0.25) is 4.90 Å². The van der Waals surface area contributed by atoms with Crippen molar-refractivity contribution >= 4 is 11.3 Å². The van der Waals surface area contributed by atoms with Crippen LogP contribution < -0.4 is 5.32 Å². The van der Waals surface area contributed by atoms with Gasteiger partial charge in [-0.05, 0) is 31.7 Å². The second kappa shape index (κ2) is 5.30. The van der Waals surface area contributed by atoms with Crippen LogP contribution in [0, 0.1) is 0 Å². The molecule has 3 atom stereocenters. The van der Waals surface area contributed by atoms with Crippen molar-refractivity contribution in [2.75, 3.05) is 13.1 Å². The highest BCUT2D eigenvalue weighted by Crippen LogP contribution is 2.29. The van der Waals surface area contributed by atoms with Crippen LogP contribution in [0.3, 0.4) is 0 Å². The Balaban J connectivity index is 2.09. The van der Waals surface area contributed by atoms with Gasteiger partial charge >= 0.3 is 0 Å². The van der Waals surface area contributed by atoms with Gasteiger partial charge in [0.1, 0.15) is 0 Å². The first-order valence-electron chi connectivity index (χ1n) is 6.24. The third-order valence-corrected chi connectivity index (χ3v) is 4.26. The maximum absolute atomic E-state index is 3.60. The third-order valence-electron chi connectivity index (χ3n) is 3.28. The van der Waals surface area contributed by atoms with Gasteiger partial charge in [0.25, 0.3) is 0 Å². The molecule has 1 N–H and O–H groups in total. The molecule has 2 heterocycles. The van der Waals surface area contributed by atoms with E-state index in [1.165, 1.54) is 24.4 Å². The lowest BCUT2D eigenvalue weighted by Crippen LogP contribution is -2.54. The van der Waals surface area contributed by atoms with E-state index < -0.39 is 0 Å². The predicted molar refractivity (Wildman–Crippen MR) is 71.0 cm³/mol. The molecular weight excluding hydrogens is 216 g/mol. The van der Waals surface area contributed by atoms with Crippen LogP contribution in [-0.4, -0.2) is 30.1 Å². The lowest BCUT2D eigenvalue weighted by molar-refractivity contribution is 0.121. The number of hydrogen-bond acceptors (Lipinski definition) is 3. The quantitative estimate of drug-likeness (QED) is 0.871. The summed E-state index contributed by atoms with van der Waals surface area (Å²) in [5, 5.41) is 5.78. The molecule has 1 aliphatic heterocycles. The van der Waals surface area contributed by atoms with Crippen LogP contribution in [0.2, 0.25) is 0 Å². The SMILES string of the molecule is CCC(c1cccs1)N1CC(C)NC(C)C1. The van der Waals surface area contributed by atoms with Gasteiger partial charge in [0.05, 0.1) is 0 Å². The molecule has 3 heteroatoms. The van der Waals surface area contributed by atoms with Crippen molar-refractivity contribution in [1.29, 1.82) is 0 Å². The molecule has 1 aromatic rings. The number of piperazine rings is 1. The number of thiophene rings is 1. The minimum Gasteiger partial charge on any atom is -0.309 e. The maximum Gasteiger partial charge on any atom is 0.0440 e. The smallest absolute Gasteiger partial charge is 0.0440 e. The molecule has 0 aliphatic carbocycles. The molecule has 3 unspecified atom stereocenters. The van der Waals surface area contributed by atoms with Crippen LogP contribution in [0.1, 0.15) is 38.1 Å². The standard InChI is InChI=1S/C13H22N2S/c1-4-12(13-6-5-7-16-13)15-8-10(2)14-11(3)9-15/h5-7,10-12,14H,4,8-9H2,1-3H3. The molecule has 0 bridgehead atoms. The Hall–Kier alpha value is -0.380. The van der Waals surface area contributed by atoms with E-state index in [1.807, 2.05) is 11.3 Å². The van der Waals surface area contributed by atoms with E-state index in [9.17, 15) is 0 Å². The molecule has 16 heavy (non-hydrogen) atoms. The molecular formula is C13H22N2S. The molecule has 2 rings (SSSR count). The first-order chi connectivity index (χ1) is 7.70. The maximum atomic E-state index is 3.60. The first-order valence-corrected chi connectivity index (χ1v) is 7.12. The third kappa shape index (κ3) is 2.65. The summed E-state index contributed by atoms with van der Waals surface area (Å²) in [5.41, 5.74) is 0. The molecule has 1 saturated heterocycles. The van der Waals surface area contributed by atoms with Gasteiger partial charge in [0, 0.05) is 36.1 Å². The van der Waals surface area contributed by atoms with Crippen LogP contribution in [0.25, 0.3) is 0 Å². The van der Waals surface area contributed by atoms with E-state index in [0.717, 1.165) is 0 Å². The van der Waals surface area contributed by atoms with Crippen molar-refractivity contribution in [1.82, 2.24) is 10.2 Å². The van der Waals surface area contributed by atoms with E-state index in [0.29, 0.717) is 18.1 Å². The summed E-state index contributed by atoms with van der Waals surface area (Å²) in [7, 11) is 0. The van der Waals surface area contributed by atoms with Crippen LogP contribution in [0.15, 0.2) is 17.5 Å². The summed E-state index contributed by atoms with van der Waals surface area (Å²) in [6, 6.07) is 6.27. The first kappa shape index (κ1) is 12.1. The summed E-state index contributed by atoms with van der Waals surface area (Å²) >= 11 is 1.89. The Kier molecular flexibility index (Phi) is 4.00. The molecule has 1 fully saturated rings. The monoisotopic (exact) mass is 238 g/mol. The van der Waals surface area contributed by atoms with Gasteiger partial charge in [0.2, 0.25) is 0 Å². The predicted octanol–water partition coefficient (Wildman–Crippen LogP) is 2.88. The van der Waals surface area contributed by atoms with E-state index >= 15 is 0 Å². The lowest BCUT2D eigenvalue weighted by atomic mass is 10.1. The molecule has 0 amide bonds. The highest BCUT2D eigenvalue weighted by molar-refractivity contribution is 7.10. The fraction of sp³-hybridized carbons (Fsp3) is 0.692. The van der Waals surface area contributed by atoms with E-state index in [4.69, 9.17) is 0 Å². The summed E-state index contributed by atoms with van der Waals surface area (Å²) < 4.78 is 0. The van der Waals surface area contributed by atoms with Crippen molar-refractivity contribution in [3.63, 3.8) is 0 Å². The van der Waals surface area contributed by atoms with Crippen molar-refractivity contribution in [3.8, 4) is 0 Å². The lowest BCUT2D eigenvalue weighted by Gasteiger charge is -2.40. The highest BCUT2D eigenvalue weighted by Gasteiger charge is 2.27. The molecule has 0 radical (unpaired) electrons. The molecule has 1 aromatic heterocycles. The summed E-state index contributed by atoms with van der Waals surface area (Å²) in [6.45, 7) is 9.19. The van der Waals surface area contributed by atoms with E-state index in [-0.39, 0.29) is 0 Å².